The van der Waals surface area contributed by atoms with Gasteiger partial charge in [-0.25, -0.2) is 4.79 Å². The lowest BCUT2D eigenvalue weighted by Gasteiger charge is -2.25. The quantitative estimate of drug-likeness (QED) is 0.944. The van der Waals surface area contributed by atoms with Gasteiger partial charge >= 0.3 is 5.97 Å². The molecule has 0 saturated carbocycles. The van der Waals surface area contributed by atoms with Crippen molar-refractivity contribution in [3.8, 4) is 0 Å². The minimum atomic E-state index is -0.975. The van der Waals surface area contributed by atoms with Gasteiger partial charge in [-0.05, 0) is 41.7 Å². The molecule has 4 nitrogen and oxygen atoms in total. The van der Waals surface area contributed by atoms with E-state index in [4.69, 9.17) is 5.11 Å². The first-order valence-corrected chi connectivity index (χ1v) is 7.72. The van der Waals surface area contributed by atoms with E-state index in [2.05, 4.69) is 12.1 Å². The van der Waals surface area contributed by atoms with Crippen LogP contribution in [0.15, 0.2) is 48.5 Å². The lowest BCUT2D eigenvalue weighted by atomic mass is 10.0. The number of carbonyl (C=O) groups is 2. The first-order chi connectivity index (χ1) is 11.1. The van der Waals surface area contributed by atoms with Crippen LogP contribution in [0.4, 0.5) is 0 Å². The van der Waals surface area contributed by atoms with E-state index in [0.717, 1.165) is 18.4 Å². The molecule has 4 heteroatoms. The van der Waals surface area contributed by atoms with Crippen molar-refractivity contribution in [1.82, 2.24) is 4.90 Å². The number of hydrogen-bond donors (Lipinski definition) is 1. The number of carbonyl (C=O) groups excluding carboxylic acids is 1. The number of rotatable bonds is 4. The standard InChI is InChI=1S/C19H19NO3/c1-20(17-10-9-14-6-2-3-8-16(14)17)18(21)12-13-5-4-7-15(11-13)19(22)23/h2-8,11,17H,9-10,12H2,1H3,(H,22,23). The van der Waals surface area contributed by atoms with Gasteiger partial charge in [0.1, 0.15) is 0 Å². The van der Waals surface area contributed by atoms with Crippen molar-refractivity contribution in [3.05, 3.63) is 70.8 Å². The van der Waals surface area contributed by atoms with Gasteiger partial charge in [-0.2, -0.15) is 0 Å². The maximum Gasteiger partial charge on any atom is 0.335 e. The van der Waals surface area contributed by atoms with E-state index in [9.17, 15) is 9.59 Å². The monoisotopic (exact) mass is 309 g/mol. The number of carboxylic acid groups (broad SMARTS) is 1. The SMILES string of the molecule is CN(C(=O)Cc1cccc(C(=O)O)c1)C1CCc2ccccc21. The zero-order valence-electron chi connectivity index (χ0n) is 13.0. The molecule has 2 aromatic carbocycles. The maximum atomic E-state index is 12.6. The normalized spacial score (nSPS) is 16.0. The number of carboxylic acids is 1. The van der Waals surface area contributed by atoms with E-state index in [1.54, 1.807) is 23.1 Å². The number of likely N-dealkylation sites (N-methyl/N-ethyl adjacent to an activating group) is 1. The Kier molecular flexibility index (Phi) is 4.15. The fraction of sp³-hybridized carbons (Fsp3) is 0.263. The molecular weight excluding hydrogens is 290 g/mol. The molecule has 1 aliphatic rings. The van der Waals surface area contributed by atoms with Crippen molar-refractivity contribution in [2.75, 3.05) is 7.05 Å². The Balaban J connectivity index is 1.74. The Morgan fingerprint density at radius 2 is 1.96 bits per heavy atom. The van der Waals surface area contributed by atoms with Crippen molar-refractivity contribution in [3.63, 3.8) is 0 Å². The molecule has 1 amide bonds. The summed E-state index contributed by atoms with van der Waals surface area (Å²) in [5, 5.41) is 9.04. The lowest BCUT2D eigenvalue weighted by molar-refractivity contribution is -0.131. The van der Waals surface area contributed by atoms with Crippen LogP contribution >= 0.6 is 0 Å². The average Bonchev–Trinajstić information content (AvgIpc) is 2.98. The summed E-state index contributed by atoms with van der Waals surface area (Å²) in [6, 6.07) is 14.9. The topological polar surface area (TPSA) is 57.6 Å². The number of amides is 1. The Labute approximate surface area is 135 Å². The van der Waals surface area contributed by atoms with Crippen LogP contribution in [-0.2, 0) is 17.6 Å². The van der Waals surface area contributed by atoms with Crippen molar-refractivity contribution >= 4 is 11.9 Å². The highest BCUT2D eigenvalue weighted by Crippen LogP contribution is 2.35. The molecule has 3 rings (SSSR count). The Morgan fingerprint density at radius 1 is 1.17 bits per heavy atom. The molecule has 0 radical (unpaired) electrons. The number of aryl methyl sites for hydroxylation is 1. The summed E-state index contributed by atoms with van der Waals surface area (Å²) in [6.07, 6.45) is 2.15. The van der Waals surface area contributed by atoms with Gasteiger partial charge in [0.05, 0.1) is 18.0 Å². The van der Waals surface area contributed by atoms with E-state index in [1.807, 2.05) is 19.2 Å². The third-order valence-electron chi connectivity index (χ3n) is 4.49. The molecule has 0 aromatic heterocycles. The fourth-order valence-electron chi connectivity index (χ4n) is 3.22. The van der Waals surface area contributed by atoms with Gasteiger partial charge < -0.3 is 10.0 Å². The van der Waals surface area contributed by atoms with Crippen LogP contribution in [0.2, 0.25) is 0 Å². The van der Waals surface area contributed by atoms with Crippen LogP contribution in [0, 0.1) is 0 Å². The van der Waals surface area contributed by atoms with Crippen LogP contribution in [0.3, 0.4) is 0 Å². The number of benzene rings is 2. The van der Waals surface area contributed by atoms with Gasteiger partial charge in [0.15, 0.2) is 0 Å². The van der Waals surface area contributed by atoms with E-state index in [0.29, 0.717) is 0 Å². The number of nitrogens with zero attached hydrogens (tertiary/aromatic N) is 1. The van der Waals surface area contributed by atoms with Crippen LogP contribution in [-0.4, -0.2) is 28.9 Å². The lowest BCUT2D eigenvalue weighted by Crippen LogP contribution is -2.31. The second-order valence-electron chi connectivity index (χ2n) is 5.94. The fourth-order valence-corrected chi connectivity index (χ4v) is 3.22. The zero-order valence-corrected chi connectivity index (χ0v) is 13.0. The molecule has 0 heterocycles. The van der Waals surface area contributed by atoms with E-state index < -0.39 is 5.97 Å². The van der Waals surface area contributed by atoms with Gasteiger partial charge in [-0.15, -0.1) is 0 Å². The first-order valence-electron chi connectivity index (χ1n) is 7.72. The summed E-state index contributed by atoms with van der Waals surface area (Å²) in [5.74, 6) is -0.966. The summed E-state index contributed by atoms with van der Waals surface area (Å²) in [5.41, 5.74) is 3.48. The molecule has 2 aromatic rings. The maximum absolute atomic E-state index is 12.6. The van der Waals surface area contributed by atoms with Gasteiger partial charge in [-0.1, -0.05) is 36.4 Å². The van der Waals surface area contributed by atoms with E-state index in [1.165, 1.54) is 17.2 Å². The largest absolute Gasteiger partial charge is 0.478 e. The molecule has 118 valence electrons. The third-order valence-corrected chi connectivity index (χ3v) is 4.49. The smallest absolute Gasteiger partial charge is 0.335 e. The van der Waals surface area contributed by atoms with Gasteiger partial charge in [0.25, 0.3) is 0 Å². The zero-order chi connectivity index (χ0) is 16.4. The first kappa shape index (κ1) is 15.3. The molecule has 0 saturated heterocycles. The van der Waals surface area contributed by atoms with Gasteiger partial charge in [0, 0.05) is 7.05 Å². The second kappa shape index (κ2) is 6.24. The molecule has 1 atom stereocenters. The number of hydrogen-bond acceptors (Lipinski definition) is 2. The summed E-state index contributed by atoms with van der Waals surface area (Å²) < 4.78 is 0. The second-order valence-corrected chi connectivity index (χ2v) is 5.94. The van der Waals surface area contributed by atoms with Crippen LogP contribution in [0.5, 0.6) is 0 Å². The summed E-state index contributed by atoms with van der Waals surface area (Å²) in [7, 11) is 1.83. The summed E-state index contributed by atoms with van der Waals surface area (Å²) >= 11 is 0. The van der Waals surface area contributed by atoms with Crippen molar-refractivity contribution in [2.24, 2.45) is 0 Å². The molecule has 1 unspecified atom stereocenters. The molecule has 1 aliphatic carbocycles. The summed E-state index contributed by atoms with van der Waals surface area (Å²) in [4.78, 5) is 25.4. The third kappa shape index (κ3) is 3.11. The Hall–Kier alpha value is -2.62. The van der Waals surface area contributed by atoms with E-state index >= 15 is 0 Å². The average molecular weight is 309 g/mol. The van der Waals surface area contributed by atoms with Crippen molar-refractivity contribution in [1.29, 1.82) is 0 Å². The minimum Gasteiger partial charge on any atom is -0.478 e. The minimum absolute atomic E-state index is 0.00856. The highest BCUT2D eigenvalue weighted by atomic mass is 16.4. The van der Waals surface area contributed by atoms with Crippen LogP contribution in [0.25, 0.3) is 0 Å². The molecular formula is C19H19NO3. The number of aromatic carboxylic acids is 1. The predicted molar refractivity (Wildman–Crippen MR) is 87.4 cm³/mol. The van der Waals surface area contributed by atoms with Crippen molar-refractivity contribution in [2.45, 2.75) is 25.3 Å². The predicted octanol–water partition coefficient (Wildman–Crippen LogP) is 3.07. The molecule has 0 aliphatic heterocycles. The molecule has 0 spiro atoms. The molecule has 0 bridgehead atoms. The Morgan fingerprint density at radius 3 is 2.74 bits per heavy atom. The van der Waals surface area contributed by atoms with Crippen LogP contribution < -0.4 is 0 Å². The van der Waals surface area contributed by atoms with Gasteiger partial charge in [-0.3, -0.25) is 4.79 Å². The van der Waals surface area contributed by atoms with Crippen LogP contribution in [0.1, 0.15) is 39.5 Å². The highest BCUT2D eigenvalue weighted by Gasteiger charge is 2.28. The highest BCUT2D eigenvalue weighted by molar-refractivity contribution is 5.88. The Bertz CT molecular complexity index is 754. The molecule has 0 fully saturated rings. The van der Waals surface area contributed by atoms with Crippen molar-refractivity contribution < 1.29 is 14.7 Å². The summed E-state index contributed by atoms with van der Waals surface area (Å²) in [6.45, 7) is 0. The van der Waals surface area contributed by atoms with Gasteiger partial charge in [0.2, 0.25) is 5.91 Å². The van der Waals surface area contributed by atoms with E-state index in [-0.39, 0.29) is 23.9 Å². The number of fused-ring (bicyclic) bond motifs is 1. The molecule has 23 heavy (non-hydrogen) atoms. The molecule has 1 N–H and O–H groups in total.